The largest absolute Gasteiger partial charge is 0.493 e. The van der Waals surface area contributed by atoms with E-state index in [0.717, 1.165) is 12.8 Å². The molecular formula is C19H28N4O5S. The minimum atomic E-state index is -0.802. The van der Waals surface area contributed by atoms with Crippen molar-refractivity contribution in [2.45, 2.75) is 44.7 Å². The Morgan fingerprint density at radius 2 is 1.62 bits per heavy atom. The van der Waals surface area contributed by atoms with Crippen molar-refractivity contribution in [3.63, 3.8) is 0 Å². The second-order valence-corrected chi connectivity index (χ2v) is 7.09. The van der Waals surface area contributed by atoms with Crippen LogP contribution in [-0.2, 0) is 4.79 Å². The summed E-state index contributed by atoms with van der Waals surface area (Å²) in [7, 11) is 4.40. The van der Waals surface area contributed by atoms with Gasteiger partial charge in [-0.15, -0.1) is 0 Å². The number of hydrogen-bond donors (Lipinski definition) is 4. The quantitative estimate of drug-likeness (QED) is 0.383. The molecule has 0 aromatic heterocycles. The van der Waals surface area contributed by atoms with Crippen molar-refractivity contribution in [1.29, 1.82) is 0 Å². The van der Waals surface area contributed by atoms with Crippen LogP contribution in [0.15, 0.2) is 12.1 Å². The van der Waals surface area contributed by atoms with Gasteiger partial charge in [0.05, 0.1) is 21.3 Å². The molecule has 1 aromatic rings. The first-order chi connectivity index (χ1) is 13.9. The van der Waals surface area contributed by atoms with E-state index in [-0.39, 0.29) is 5.56 Å². The van der Waals surface area contributed by atoms with Crippen LogP contribution in [0.5, 0.6) is 17.2 Å². The van der Waals surface area contributed by atoms with Gasteiger partial charge in [-0.1, -0.05) is 12.8 Å². The van der Waals surface area contributed by atoms with Gasteiger partial charge in [-0.3, -0.25) is 20.4 Å². The molecule has 1 fully saturated rings. The van der Waals surface area contributed by atoms with Crippen LogP contribution in [0.1, 0.15) is 43.0 Å². The van der Waals surface area contributed by atoms with Gasteiger partial charge in [0.15, 0.2) is 16.6 Å². The van der Waals surface area contributed by atoms with E-state index in [9.17, 15) is 9.59 Å². The predicted molar refractivity (Wildman–Crippen MR) is 112 cm³/mol. The van der Waals surface area contributed by atoms with Gasteiger partial charge in [-0.25, -0.2) is 0 Å². The fourth-order valence-corrected chi connectivity index (χ4v) is 3.29. The van der Waals surface area contributed by atoms with E-state index >= 15 is 0 Å². The van der Waals surface area contributed by atoms with E-state index < -0.39 is 17.9 Å². The van der Waals surface area contributed by atoms with Crippen LogP contribution in [0, 0.1) is 0 Å². The van der Waals surface area contributed by atoms with Crippen molar-refractivity contribution in [2.75, 3.05) is 21.3 Å². The van der Waals surface area contributed by atoms with Crippen LogP contribution in [0.3, 0.4) is 0 Å². The van der Waals surface area contributed by atoms with Crippen LogP contribution in [0.4, 0.5) is 0 Å². The standard InChI is InChI=1S/C19H28N4O5S/c1-11(17(24)22-23-19(29)21-13-7-5-6-8-13)20-18(25)12-9-14(26-2)16(28-4)15(10-12)27-3/h9-11,13H,5-8H2,1-4H3,(H,20,25)(H,22,24)(H2,21,23,29)/t11-/m0/s1. The molecule has 2 rings (SSSR count). The van der Waals surface area contributed by atoms with E-state index in [0.29, 0.717) is 28.4 Å². The monoisotopic (exact) mass is 424 g/mol. The summed E-state index contributed by atoms with van der Waals surface area (Å²) in [5.41, 5.74) is 5.44. The number of rotatable bonds is 7. The van der Waals surface area contributed by atoms with Crippen LogP contribution >= 0.6 is 12.2 Å². The molecule has 1 aromatic carbocycles. The van der Waals surface area contributed by atoms with Crippen molar-refractivity contribution in [3.05, 3.63) is 17.7 Å². The normalized spacial score (nSPS) is 14.5. The third-order valence-electron chi connectivity index (χ3n) is 4.66. The number of nitrogens with one attached hydrogen (secondary N) is 4. The highest BCUT2D eigenvalue weighted by atomic mass is 32.1. The van der Waals surface area contributed by atoms with Crippen molar-refractivity contribution in [1.82, 2.24) is 21.5 Å². The second-order valence-electron chi connectivity index (χ2n) is 6.68. The first-order valence-corrected chi connectivity index (χ1v) is 9.77. The highest BCUT2D eigenvalue weighted by molar-refractivity contribution is 7.80. The first kappa shape index (κ1) is 22.5. The van der Waals surface area contributed by atoms with Gasteiger partial charge in [0, 0.05) is 11.6 Å². The average molecular weight is 425 g/mol. The van der Waals surface area contributed by atoms with Crippen LogP contribution in [0.2, 0.25) is 0 Å². The number of carbonyl (C=O) groups excluding carboxylic acids is 2. The number of benzene rings is 1. The zero-order valence-corrected chi connectivity index (χ0v) is 17.9. The minimum absolute atomic E-state index is 0.269. The van der Waals surface area contributed by atoms with E-state index in [2.05, 4.69) is 21.5 Å². The maximum absolute atomic E-state index is 12.6. The molecule has 0 heterocycles. The maximum atomic E-state index is 12.6. The summed E-state index contributed by atoms with van der Waals surface area (Å²) in [4.78, 5) is 24.8. The van der Waals surface area contributed by atoms with Gasteiger partial charge < -0.3 is 24.8 Å². The zero-order chi connectivity index (χ0) is 21.4. The highest BCUT2D eigenvalue weighted by Crippen LogP contribution is 2.38. The summed E-state index contributed by atoms with van der Waals surface area (Å²) in [6.45, 7) is 1.57. The lowest BCUT2D eigenvalue weighted by molar-refractivity contribution is -0.123. The Morgan fingerprint density at radius 3 is 2.14 bits per heavy atom. The Labute approximate surface area is 175 Å². The summed E-state index contributed by atoms with van der Waals surface area (Å²) < 4.78 is 15.7. The van der Waals surface area contributed by atoms with Gasteiger partial charge in [-0.2, -0.15) is 0 Å². The number of thiocarbonyl (C=S) groups is 1. The Hall–Kier alpha value is -2.75. The molecule has 0 radical (unpaired) electrons. The summed E-state index contributed by atoms with van der Waals surface area (Å²) in [6, 6.07) is 2.56. The van der Waals surface area contributed by atoms with Gasteiger partial charge in [0.25, 0.3) is 11.8 Å². The molecule has 0 spiro atoms. The number of amides is 2. The lowest BCUT2D eigenvalue weighted by Crippen LogP contribution is -2.54. The molecule has 0 unspecified atom stereocenters. The maximum Gasteiger partial charge on any atom is 0.260 e. The SMILES string of the molecule is COc1cc(C(=O)N[C@@H](C)C(=O)NNC(=S)NC2CCCC2)cc(OC)c1OC. The molecule has 10 heteroatoms. The Balaban J connectivity index is 1.91. The molecule has 1 atom stereocenters. The highest BCUT2D eigenvalue weighted by Gasteiger charge is 2.21. The zero-order valence-electron chi connectivity index (χ0n) is 17.1. The van der Waals surface area contributed by atoms with E-state index in [1.807, 2.05) is 0 Å². The Morgan fingerprint density at radius 1 is 1.03 bits per heavy atom. The van der Waals surface area contributed by atoms with Crippen molar-refractivity contribution < 1.29 is 23.8 Å². The molecule has 0 aliphatic heterocycles. The van der Waals surface area contributed by atoms with E-state index in [4.69, 9.17) is 26.4 Å². The lowest BCUT2D eigenvalue weighted by Gasteiger charge is -2.19. The molecule has 2 amide bonds. The third kappa shape index (κ3) is 6.11. The fraction of sp³-hybridized carbons (Fsp3) is 0.526. The average Bonchev–Trinajstić information content (AvgIpc) is 3.23. The molecule has 160 valence electrons. The fourth-order valence-electron chi connectivity index (χ4n) is 3.08. The number of hydrogen-bond acceptors (Lipinski definition) is 6. The number of methoxy groups -OCH3 is 3. The molecule has 0 saturated heterocycles. The molecule has 1 aliphatic carbocycles. The topological polar surface area (TPSA) is 110 Å². The molecule has 29 heavy (non-hydrogen) atoms. The first-order valence-electron chi connectivity index (χ1n) is 9.36. The number of ether oxygens (including phenoxy) is 3. The Bertz CT molecular complexity index is 727. The molecule has 1 aliphatic rings. The lowest BCUT2D eigenvalue weighted by atomic mass is 10.1. The Kier molecular flexibility index (Phi) is 8.32. The summed E-state index contributed by atoms with van der Waals surface area (Å²) in [5.74, 6) is 0.183. The van der Waals surface area contributed by atoms with Crippen molar-refractivity contribution >= 4 is 29.1 Å². The van der Waals surface area contributed by atoms with Gasteiger partial charge in [-0.05, 0) is 44.1 Å². The molecule has 0 bridgehead atoms. The summed E-state index contributed by atoms with van der Waals surface area (Å²) in [6.07, 6.45) is 4.49. The van der Waals surface area contributed by atoms with Crippen LogP contribution in [-0.4, -0.2) is 50.3 Å². The van der Waals surface area contributed by atoms with E-state index in [1.54, 1.807) is 6.92 Å². The third-order valence-corrected chi connectivity index (χ3v) is 4.88. The molecular weight excluding hydrogens is 396 g/mol. The van der Waals surface area contributed by atoms with Crippen LogP contribution in [0.25, 0.3) is 0 Å². The number of carbonyl (C=O) groups is 2. The van der Waals surface area contributed by atoms with Crippen LogP contribution < -0.4 is 35.7 Å². The van der Waals surface area contributed by atoms with Crippen molar-refractivity contribution in [2.24, 2.45) is 0 Å². The predicted octanol–water partition coefficient (Wildman–Crippen LogP) is 1.27. The van der Waals surface area contributed by atoms with E-state index in [1.165, 1.54) is 46.3 Å². The molecule has 9 nitrogen and oxygen atoms in total. The van der Waals surface area contributed by atoms with Gasteiger partial charge in [0.2, 0.25) is 5.75 Å². The minimum Gasteiger partial charge on any atom is -0.493 e. The molecule has 1 saturated carbocycles. The van der Waals surface area contributed by atoms with Crippen molar-refractivity contribution in [3.8, 4) is 17.2 Å². The van der Waals surface area contributed by atoms with Gasteiger partial charge in [0.1, 0.15) is 6.04 Å². The summed E-state index contributed by atoms with van der Waals surface area (Å²) in [5, 5.41) is 6.14. The number of hydrazine groups is 1. The summed E-state index contributed by atoms with van der Waals surface area (Å²) >= 11 is 5.18. The van der Waals surface area contributed by atoms with Gasteiger partial charge >= 0.3 is 0 Å². The smallest absolute Gasteiger partial charge is 0.260 e. The second kappa shape index (κ2) is 10.7. The molecule has 4 N–H and O–H groups in total.